The molecule has 1 N–H and O–H groups in total. The number of aromatic nitrogens is 2. The van der Waals surface area contributed by atoms with Crippen molar-refractivity contribution in [2.75, 3.05) is 12.4 Å². The molecule has 1 amide bonds. The number of fused-ring (bicyclic) bond motifs is 1. The maximum absolute atomic E-state index is 12.9. The van der Waals surface area contributed by atoms with E-state index in [2.05, 4.69) is 22.5 Å². The van der Waals surface area contributed by atoms with Crippen LogP contribution < -0.4 is 15.7 Å². The lowest BCUT2D eigenvalue weighted by Crippen LogP contribution is -2.20. The molecule has 2 heterocycles. The maximum Gasteiger partial charge on any atom is 0.349 e. The summed E-state index contributed by atoms with van der Waals surface area (Å²) < 4.78 is 12.5. The highest BCUT2D eigenvalue weighted by Crippen LogP contribution is 2.25. The smallest absolute Gasteiger partial charge is 0.349 e. The molecule has 0 radical (unpaired) electrons. The molecule has 0 saturated carbocycles. The summed E-state index contributed by atoms with van der Waals surface area (Å²) in [5.41, 5.74) is 3.03. The van der Waals surface area contributed by atoms with Gasteiger partial charge in [0.25, 0.3) is 5.91 Å². The number of methoxy groups -OCH3 is 1. The Hall–Kier alpha value is -4.65. The Bertz CT molecular complexity index is 1540. The van der Waals surface area contributed by atoms with E-state index in [1.165, 1.54) is 13.2 Å². The lowest BCUT2D eigenvalue weighted by molar-refractivity contribution is 0.102. The Balaban J connectivity index is 1.37. The number of amides is 1. The van der Waals surface area contributed by atoms with Crippen LogP contribution in [-0.2, 0) is 6.54 Å². The van der Waals surface area contributed by atoms with E-state index in [1.54, 1.807) is 30.5 Å². The summed E-state index contributed by atoms with van der Waals surface area (Å²) in [5.74, 6) is -0.113. The van der Waals surface area contributed by atoms with Crippen molar-refractivity contribution in [1.82, 2.24) is 9.78 Å². The van der Waals surface area contributed by atoms with Crippen LogP contribution in [0.25, 0.3) is 22.1 Å². The van der Waals surface area contributed by atoms with E-state index >= 15 is 0 Å². The molecule has 0 atom stereocenters. The lowest BCUT2D eigenvalue weighted by atomic mass is 10.1. The zero-order chi connectivity index (χ0) is 23.5. The fraction of sp³-hybridized carbons (Fsp3) is 0.0741. The van der Waals surface area contributed by atoms with Gasteiger partial charge in [0.15, 0.2) is 11.3 Å². The normalized spacial score (nSPS) is 10.9. The van der Waals surface area contributed by atoms with E-state index in [1.807, 2.05) is 47.3 Å². The number of hydrogen-bond acceptors (Lipinski definition) is 5. The van der Waals surface area contributed by atoms with Gasteiger partial charge in [-0.1, -0.05) is 54.6 Å². The maximum atomic E-state index is 12.9. The van der Waals surface area contributed by atoms with Gasteiger partial charge in [0.2, 0.25) is 0 Å². The number of nitrogens with zero attached hydrogens (tertiary/aromatic N) is 2. The topological polar surface area (TPSA) is 86.4 Å². The van der Waals surface area contributed by atoms with Crippen LogP contribution in [0, 0.1) is 0 Å². The summed E-state index contributed by atoms with van der Waals surface area (Å²) in [6.45, 7) is 0.666. The van der Waals surface area contributed by atoms with Crippen molar-refractivity contribution >= 4 is 22.6 Å². The van der Waals surface area contributed by atoms with Crippen molar-refractivity contribution in [2.24, 2.45) is 0 Å². The van der Waals surface area contributed by atoms with Crippen molar-refractivity contribution in [3.8, 4) is 16.9 Å². The third-order valence-corrected chi connectivity index (χ3v) is 5.46. The van der Waals surface area contributed by atoms with E-state index in [0.29, 0.717) is 29.0 Å². The second-order valence-corrected chi connectivity index (χ2v) is 7.77. The highest BCUT2D eigenvalue weighted by Gasteiger charge is 2.16. The lowest BCUT2D eigenvalue weighted by Gasteiger charge is -2.08. The third-order valence-electron chi connectivity index (χ3n) is 5.46. The molecule has 0 aliphatic rings. The number of nitrogens with one attached hydrogen (secondary N) is 1. The van der Waals surface area contributed by atoms with Crippen LogP contribution in [0.4, 0.5) is 5.69 Å². The third kappa shape index (κ3) is 4.31. The Morgan fingerprint density at radius 2 is 1.82 bits per heavy atom. The van der Waals surface area contributed by atoms with Crippen LogP contribution in [0.3, 0.4) is 0 Å². The minimum atomic E-state index is -0.729. The number of ether oxygens (including phenoxy) is 1. The number of carbonyl (C=O) groups excluding carboxylic acids is 1. The van der Waals surface area contributed by atoms with Crippen LogP contribution in [0.1, 0.15) is 15.9 Å². The van der Waals surface area contributed by atoms with Gasteiger partial charge in [0, 0.05) is 22.8 Å². The number of benzene rings is 3. The Labute approximate surface area is 195 Å². The van der Waals surface area contributed by atoms with Crippen LogP contribution in [-0.4, -0.2) is 22.8 Å². The minimum Gasteiger partial charge on any atom is -0.493 e. The molecule has 0 bridgehead atoms. The molecule has 0 saturated heterocycles. The molecule has 7 heteroatoms. The molecule has 5 rings (SSSR count). The number of para-hydroxylation sites is 1. The predicted molar refractivity (Wildman–Crippen MR) is 130 cm³/mol. The zero-order valence-corrected chi connectivity index (χ0v) is 18.4. The summed E-state index contributed by atoms with van der Waals surface area (Å²) in [7, 11) is 1.49. The molecule has 3 aromatic carbocycles. The fourth-order valence-electron chi connectivity index (χ4n) is 3.78. The Morgan fingerprint density at radius 1 is 1.00 bits per heavy atom. The van der Waals surface area contributed by atoms with Gasteiger partial charge in [0.05, 0.1) is 19.9 Å². The highest BCUT2D eigenvalue weighted by molar-refractivity contribution is 6.05. The molecule has 0 spiro atoms. The van der Waals surface area contributed by atoms with E-state index in [9.17, 15) is 9.59 Å². The largest absolute Gasteiger partial charge is 0.493 e. The first kappa shape index (κ1) is 21.2. The SMILES string of the molecule is COc1cccc2cc(C(=O)Nc3cccc(-c4cnn(Cc5ccccc5)c4)c3)c(=O)oc12. The van der Waals surface area contributed by atoms with E-state index in [-0.39, 0.29) is 5.56 Å². The van der Waals surface area contributed by atoms with Gasteiger partial charge in [-0.05, 0) is 35.4 Å². The summed E-state index contributed by atoms with van der Waals surface area (Å²) >= 11 is 0. The monoisotopic (exact) mass is 451 g/mol. The average Bonchev–Trinajstić information content (AvgIpc) is 3.32. The van der Waals surface area contributed by atoms with Crippen molar-refractivity contribution in [1.29, 1.82) is 0 Å². The molecule has 0 unspecified atom stereocenters. The summed E-state index contributed by atoms with van der Waals surface area (Å²) in [4.78, 5) is 25.3. The molecule has 2 aromatic heterocycles. The Kier molecular flexibility index (Phi) is 5.66. The van der Waals surface area contributed by atoms with E-state index < -0.39 is 11.5 Å². The second kappa shape index (κ2) is 9.07. The van der Waals surface area contributed by atoms with Crippen molar-refractivity contribution < 1.29 is 13.9 Å². The quantitative estimate of drug-likeness (QED) is 0.369. The Morgan fingerprint density at radius 3 is 2.65 bits per heavy atom. The van der Waals surface area contributed by atoms with Crippen LogP contribution in [0.2, 0.25) is 0 Å². The van der Waals surface area contributed by atoms with E-state index in [4.69, 9.17) is 9.15 Å². The van der Waals surface area contributed by atoms with Crippen molar-refractivity contribution in [2.45, 2.75) is 6.54 Å². The first-order valence-electron chi connectivity index (χ1n) is 10.7. The van der Waals surface area contributed by atoms with Gasteiger partial charge in [0.1, 0.15) is 5.56 Å². The van der Waals surface area contributed by atoms with Crippen molar-refractivity contribution in [3.05, 3.63) is 113 Å². The van der Waals surface area contributed by atoms with Gasteiger partial charge in [-0.2, -0.15) is 5.10 Å². The standard InChI is InChI=1S/C27H21N3O4/c1-33-24-12-6-10-20-14-23(27(32)34-25(20)24)26(31)29-22-11-5-9-19(13-22)21-15-28-30(17-21)16-18-7-3-2-4-8-18/h2-15,17H,16H2,1H3,(H,29,31). The first-order valence-corrected chi connectivity index (χ1v) is 10.7. The molecular formula is C27H21N3O4. The fourth-order valence-corrected chi connectivity index (χ4v) is 3.78. The molecule has 0 aliphatic heterocycles. The van der Waals surface area contributed by atoms with Crippen LogP contribution in [0.15, 0.2) is 100 Å². The van der Waals surface area contributed by atoms with Gasteiger partial charge >= 0.3 is 5.63 Å². The number of rotatable bonds is 6. The molecule has 34 heavy (non-hydrogen) atoms. The molecule has 0 fully saturated rings. The molecular weight excluding hydrogens is 430 g/mol. The molecule has 0 aliphatic carbocycles. The second-order valence-electron chi connectivity index (χ2n) is 7.77. The number of anilines is 1. The van der Waals surface area contributed by atoms with Crippen molar-refractivity contribution in [3.63, 3.8) is 0 Å². The molecule has 168 valence electrons. The minimum absolute atomic E-state index is 0.0816. The zero-order valence-electron chi connectivity index (χ0n) is 18.4. The van der Waals surface area contributed by atoms with Crippen LogP contribution >= 0.6 is 0 Å². The summed E-state index contributed by atoms with van der Waals surface area (Å²) in [5, 5.41) is 7.84. The summed E-state index contributed by atoms with van der Waals surface area (Å²) in [6, 6.07) is 24.2. The van der Waals surface area contributed by atoms with Gasteiger partial charge in [-0.3, -0.25) is 9.48 Å². The van der Waals surface area contributed by atoms with Gasteiger partial charge in [-0.15, -0.1) is 0 Å². The molecule has 7 nitrogen and oxygen atoms in total. The predicted octanol–water partition coefficient (Wildman–Crippen LogP) is 4.97. The van der Waals surface area contributed by atoms with Gasteiger partial charge < -0.3 is 14.5 Å². The highest BCUT2D eigenvalue weighted by atomic mass is 16.5. The number of hydrogen-bond donors (Lipinski definition) is 1. The average molecular weight is 451 g/mol. The van der Waals surface area contributed by atoms with E-state index in [0.717, 1.165) is 16.7 Å². The summed E-state index contributed by atoms with van der Waals surface area (Å²) in [6.07, 6.45) is 3.74. The van der Waals surface area contributed by atoms with Crippen LogP contribution in [0.5, 0.6) is 5.75 Å². The molecule has 5 aromatic rings. The first-order chi connectivity index (χ1) is 16.6. The number of carbonyl (C=O) groups is 1. The van der Waals surface area contributed by atoms with Gasteiger partial charge in [-0.25, -0.2) is 4.79 Å².